The van der Waals surface area contributed by atoms with Crippen molar-refractivity contribution in [2.45, 2.75) is 0 Å². The van der Waals surface area contributed by atoms with Crippen LogP contribution in [0.1, 0.15) is 0 Å². The van der Waals surface area contributed by atoms with E-state index in [-0.39, 0.29) is 10.5 Å². The number of halogens is 3. The largest absolute Gasteiger partial charge is 0.320 e. The van der Waals surface area contributed by atoms with E-state index in [2.05, 4.69) is 31.8 Å². The lowest BCUT2D eigenvalue weighted by Gasteiger charge is -2.06. The van der Waals surface area contributed by atoms with Gasteiger partial charge in [0.15, 0.2) is 4.62 Å². The van der Waals surface area contributed by atoms with Crippen LogP contribution in [0.3, 0.4) is 0 Å². The van der Waals surface area contributed by atoms with E-state index in [1.54, 1.807) is 30.3 Å². The molecule has 0 aliphatic rings. The van der Waals surface area contributed by atoms with Crippen LogP contribution >= 0.6 is 39.1 Å². The first kappa shape index (κ1) is 15.8. The van der Waals surface area contributed by atoms with Crippen molar-refractivity contribution in [3.05, 3.63) is 58.6 Å². The number of anilines is 2. The van der Waals surface area contributed by atoms with Crippen molar-refractivity contribution in [1.29, 1.82) is 0 Å². The summed E-state index contributed by atoms with van der Waals surface area (Å²) in [5, 5.41) is 7.55. The predicted molar refractivity (Wildman–Crippen MR) is 91.5 cm³/mol. The van der Waals surface area contributed by atoms with Gasteiger partial charge in [0.1, 0.15) is 0 Å². The minimum absolute atomic E-state index is 0.0948. The fourth-order valence-corrected chi connectivity index (χ4v) is 2.08. The third kappa shape index (κ3) is 4.74. The molecule has 108 valence electrons. The average Bonchev–Trinajstić information content (AvgIpc) is 2.47. The van der Waals surface area contributed by atoms with Crippen molar-refractivity contribution in [2.75, 3.05) is 10.7 Å². The van der Waals surface area contributed by atoms with Gasteiger partial charge in [-0.25, -0.2) is 0 Å². The van der Waals surface area contributed by atoms with Crippen molar-refractivity contribution in [1.82, 2.24) is 0 Å². The van der Waals surface area contributed by atoms with Gasteiger partial charge in [0.2, 0.25) is 0 Å². The fraction of sp³-hybridized carbons (Fsp3) is 0. The topological polar surface area (TPSA) is 53.5 Å². The molecule has 0 aliphatic carbocycles. The van der Waals surface area contributed by atoms with Crippen LogP contribution in [-0.4, -0.2) is 10.5 Å². The number of benzene rings is 2. The zero-order chi connectivity index (χ0) is 15.2. The number of hydrogen-bond acceptors (Lipinski definition) is 3. The first-order chi connectivity index (χ1) is 10.1. The van der Waals surface area contributed by atoms with E-state index in [0.717, 1.165) is 0 Å². The molecule has 0 aliphatic heterocycles. The molecular weight excluding hydrogens is 377 g/mol. The Kier molecular flexibility index (Phi) is 5.61. The highest BCUT2D eigenvalue weighted by atomic mass is 79.9. The quantitative estimate of drug-likeness (QED) is 0.588. The van der Waals surface area contributed by atoms with Crippen LogP contribution < -0.4 is 10.7 Å². The summed E-state index contributed by atoms with van der Waals surface area (Å²) < 4.78 is 0.0948. The Morgan fingerprint density at radius 1 is 1.10 bits per heavy atom. The van der Waals surface area contributed by atoms with Gasteiger partial charge in [-0.2, -0.15) is 5.10 Å². The van der Waals surface area contributed by atoms with Gasteiger partial charge < -0.3 is 5.32 Å². The number of carbonyl (C=O) groups is 1. The summed E-state index contributed by atoms with van der Waals surface area (Å²) in [6.07, 6.45) is 0. The normalized spacial score (nSPS) is 11.1. The molecule has 2 aromatic carbocycles. The van der Waals surface area contributed by atoms with E-state index in [1.165, 1.54) is 0 Å². The summed E-state index contributed by atoms with van der Waals surface area (Å²) in [5.41, 5.74) is 3.92. The van der Waals surface area contributed by atoms with E-state index in [9.17, 15) is 4.79 Å². The van der Waals surface area contributed by atoms with Gasteiger partial charge in [0.05, 0.1) is 10.7 Å². The Morgan fingerprint density at radius 3 is 2.48 bits per heavy atom. The van der Waals surface area contributed by atoms with E-state index in [1.807, 2.05) is 18.2 Å². The average molecular weight is 387 g/mol. The SMILES string of the molecule is O=C(Nc1ccccc1)/C(Br)=N/Nc1ccc(Cl)cc1Cl. The highest BCUT2D eigenvalue weighted by molar-refractivity contribution is 9.19. The molecule has 0 saturated heterocycles. The first-order valence-corrected chi connectivity index (χ1v) is 7.42. The van der Waals surface area contributed by atoms with Crippen LogP contribution in [0, 0.1) is 0 Å². The van der Waals surface area contributed by atoms with Crippen molar-refractivity contribution in [3.63, 3.8) is 0 Å². The Balaban J connectivity index is 2.02. The van der Waals surface area contributed by atoms with Crippen molar-refractivity contribution in [2.24, 2.45) is 5.10 Å². The van der Waals surface area contributed by atoms with Gasteiger partial charge in [-0.15, -0.1) is 0 Å². The van der Waals surface area contributed by atoms with Crippen molar-refractivity contribution >= 4 is 61.0 Å². The Hall–Kier alpha value is -1.56. The van der Waals surface area contributed by atoms with Crippen LogP contribution in [0.5, 0.6) is 0 Å². The molecule has 7 heteroatoms. The summed E-state index contributed by atoms with van der Waals surface area (Å²) >= 11 is 14.9. The second-order valence-corrected chi connectivity index (χ2v) is 5.55. The Morgan fingerprint density at radius 2 is 1.81 bits per heavy atom. The molecule has 0 saturated carbocycles. The van der Waals surface area contributed by atoms with Crippen molar-refractivity contribution < 1.29 is 4.79 Å². The predicted octanol–water partition coefficient (Wildman–Crippen LogP) is 4.75. The number of para-hydroxylation sites is 1. The molecule has 21 heavy (non-hydrogen) atoms. The van der Waals surface area contributed by atoms with E-state index in [0.29, 0.717) is 21.4 Å². The highest BCUT2D eigenvalue weighted by Gasteiger charge is 2.08. The Bertz CT molecular complexity index is 677. The van der Waals surface area contributed by atoms with E-state index < -0.39 is 0 Å². The number of amides is 1. The summed E-state index contributed by atoms with van der Waals surface area (Å²) in [4.78, 5) is 11.9. The van der Waals surface area contributed by atoms with Crippen LogP contribution in [0.4, 0.5) is 11.4 Å². The number of hydrogen-bond donors (Lipinski definition) is 2. The smallest absolute Gasteiger partial charge is 0.283 e. The Labute approximate surface area is 140 Å². The minimum Gasteiger partial charge on any atom is -0.320 e. The van der Waals surface area contributed by atoms with Gasteiger partial charge in [-0.1, -0.05) is 41.4 Å². The van der Waals surface area contributed by atoms with Gasteiger partial charge in [0.25, 0.3) is 5.91 Å². The van der Waals surface area contributed by atoms with Gasteiger partial charge in [-0.05, 0) is 46.3 Å². The molecule has 0 bridgehead atoms. The van der Waals surface area contributed by atoms with Gasteiger partial charge in [-0.3, -0.25) is 10.2 Å². The lowest BCUT2D eigenvalue weighted by molar-refractivity contribution is -0.110. The molecule has 2 aromatic rings. The lowest BCUT2D eigenvalue weighted by atomic mass is 10.3. The number of carbonyl (C=O) groups excluding carboxylic acids is 1. The zero-order valence-corrected chi connectivity index (χ0v) is 13.7. The number of hydrazone groups is 1. The maximum absolute atomic E-state index is 11.9. The van der Waals surface area contributed by atoms with Crippen LogP contribution in [0.25, 0.3) is 0 Å². The number of nitrogens with zero attached hydrogens (tertiary/aromatic N) is 1. The lowest BCUT2D eigenvalue weighted by Crippen LogP contribution is -2.19. The van der Waals surface area contributed by atoms with Crippen LogP contribution in [-0.2, 0) is 4.79 Å². The molecule has 0 fully saturated rings. The summed E-state index contributed by atoms with van der Waals surface area (Å²) in [6, 6.07) is 14.0. The summed E-state index contributed by atoms with van der Waals surface area (Å²) in [7, 11) is 0. The molecule has 2 N–H and O–H groups in total. The molecule has 0 spiro atoms. The molecule has 0 aromatic heterocycles. The molecule has 0 radical (unpaired) electrons. The second kappa shape index (κ2) is 7.45. The summed E-state index contributed by atoms with van der Waals surface area (Å²) in [5.74, 6) is -0.376. The monoisotopic (exact) mass is 385 g/mol. The van der Waals surface area contributed by atoms with Crippen LogP contribution in [0.2, 0.25) is 10.0 Å². The minimum atomic E-state index is -0.376. The maximum Gasteiger partial charge on any atom is 0.283 e. The number of rotatable bonds is 4. The third-order valence-corrected chi connectivity index (χ3v) is 3.51. The van der Waals surface area contributed by atoms with Gasteiger partial charge >= 0.3 is 0 Å². The molecule has 1 amide bonds. The van der Waals surface area contributed by atoms with E-state index >= 15 is 0 Å². The highest BCUT2D eigenvalue weighted by Crippen LogP contribution is 2.25. The van der Waals surface area contributed by atoms with Gasteiger partial charge in [0, 0.05) is 10.7 Å². The fourth-order valence-electron chi connectivity index (χ4n) is 1.44. The summed E-state index contributed by atoms with van der Waals surface area (Å²) in [6.45, 7) is 0. The van der Waals surface area contributed by atoms with Crippen LogP contribution in [0.15, 0.2) is 53.6 Å². The van der Waals surface area contributed by atoms with Crippen molar-refractivity contribution in [3.8, 4) is 0 Å². The molecule has 2 rings (SSSR count). The zero-order valence-electron chi connectivity index (χ0n) is 10.6. The van der Waals surface area contributed by atoms with E-state index in [4.69, 9.17) is 23.2 Å². The molecule has 0 unspecified atom stereocenters. The number of nitrogens with one attached hydrogen (secondary N) is 2. The molecule has 0 heterocycles. The maximum atomic E-state index is 11.9. The molecule has 4 nitrogen and oxygen atoms in total. The molecule has 0 atom stereocenters. The standard InChI is InChI=1S/C14H10BrCl2N3O/c15-13(14(21)18-10-4-2-1-3-5-10)20-19-12-7-6-9(16)8-11(12)17/h1-8,19H,(H,18,21)/b20-13-. The second-order valence-electron chi connectivity index (χ2n) is 3.96. The first-order valence-electron chi connectivity index (χ1n) is 5.87. The molecular formula is C14H10BrCl2N3O. The third-order valence-electron chi connectivity index (χ3n) is 2.42.